The topological polar surface area (TPSA) is 32.7 Å². The highest BCUT2D eigenvalue weighted by Gasteiger charge is 2.39. The molecular weight excluding hydrogens is 465 g/mol. The van der Waals surface area contributed by atoms with Crippen LogP contribution in [-0.2, 0) is 6.42 Å². The van der Waals surface area contributed by atoms with Crippen molar-refractivity contribution in [3.63, 3.8) is 0 Å². The Labute approximate surface area is 199 Å². The highest BCUT2D eigenvalue weighted by molar-refractivity contribution is 5.51. The molecule has 0 aliphatic carbocycles. The Kier molecular flexibility index (Phi) is 6.40. The van der Waals surface area contributed by atoms with Crippen LogP contribution in [0.5, 0.6) is 11.5 Å². The maximum absolute atomic E-state index is 14.8. The van der Waals surface area contributed by atoms with Gasteiger partial charge >= 0.3 is 0 Å². The molecule has 1 N–H and O–H groups in total. The van der Waals surface area contributed by atoms with Gasteiger partial charge in [-0.05, 0) is 49.5 Å². The van der Waals surface area contributed by atoms with Gasteiger partial charge in [-0.15, -0.1) is 0 Å². The van der Waals surface area contributed by atoms with Gasteiger partial charge in [0.25, 0.3) is 0 Å². The third kappa shape index (κ3) is 4.35. The number of nitrogens with zero attached hydrogens (tertiary/aromatic N) is 1. The lowest BCUT2D eigenvalue weighted by Crippen LogP contribution is -2.28. The van der Waals surface area contributed by atoms with Crippen LogP contribution in [0, 0.1) is 29.1 Å². The molecule has 3 nitrogen and oxygen atoms in total. The number of ether oxygens (including phenoxy) is 1. The molecule has 0 saturated carbocycles. The van der Waals surface area contributed by atoms with E-state index in [1.807, 2.05) is 24.3 Å². The Hall–Kier alpha value is -3.13. The van der Waals surface area contributed by atoms with Gasteiger partial charge in [0.1, 0.15) is 11.5 Å². The van der Waals surface area contributed by atoms with Crippen molar-refractivity contribution in [2.75, 3.05) is 26.2 Å². The minimum atomic E-state index is -2.19. The van der Waals surface area contributed by atoms with E-state index in [0.717, 1.165) is 31.6 Å². The van der Waals surface area contributed by atoms with E-state index in [4.69, 9.17) is 4.74 Å². The molecule has 5 rings (SSSR count). The molecule has 2 aliphatic rings. The molecule has 0 amide bonds. The van der Waals surface area contributed by atoms with Crippen molar-refractivity contribution in [1.29, 1.82) is 0 Å². The van der Waals surface area contributed by atoms with Crippen LogP contribution < -0.4 is 4.74 Å². The molecule has 3 aromatic carbocycles. The smallest absolute Gasteiger partial charge is 0.200 e. The number of benzene rings is 3. The third-order valence-corrected chi connectivity index (χ3v) is 7.02. The average Bonchev–Trinajstić information content (AvgIpc) is 3.39. The summed E-state index contributed by atoms with van der Waals surface area (Å²) in [5.74, 6) is -11.5. The number of aromatic hydroxyl groups is 1. The second kappa shape index (κ2) is 9.49. The number of rotatable bonds is 5. The Morgan fingerprint density at radius 3 is 2.11 bits per heavy atom. The van der Waals surface area contributed by atoms with E-state index in [1.165, 1.54) is 25.0 Å². The first-order chi connectivity index (χ1) is 16.8. The minimum Gasteiger partial charge on any atom is -0.508 e. The maximum atomic E-state index is 14.8. The van der Waals surface area contributed by atoms with Gasteiger partial charge in [-0.25, -0.2) is 22.0 Å². The number of hydrogen-bond donors (Lipinski definition) is 1. The summed E-state index contributed by atoms with van der Waals surface area (Å²) < 4.78 is 77.1. The van der Waals surface area contributed by atoms with Gasteiger partial charge in [0.05, 0.1) is 6.61 Å². The van der Waals surface area contributed by atoms with Crippen LogP contribution in [0.3, 0.4) is 0 Å². The van der Waals surface area contributed by atoms with E-state index in [1.54, 1.807) is 6.07 Å². The molecular formula is C27H24F5NO2. The van der Waals surface area contributed by atoms with Crippen molar-refractivity contribution in [3.8, 4) is 11.5 Å². The zero-order chi connectivity index (χ0) is 24.7. The summed E-state index contributed by atoms with van der Waals surface area (Å²) in [5, 5.41) is 9.86. The van der Waals surface area contributed by atoms with E-state index in [9.17, 15) is 27.1 Å². The number of halogens is 5. The van der Waals surface area contributed by atoms with E-state index in [-0.39, 0.29) is 12.4 Å². The SMILES string of the molecule is Oc1ccc2c(c1)OC[C@H](c1c(F)c(F)c(F)c(F)c1F)[C@@H]2c1ccc(CCN2CCCC2)cc1. The second-order valence-corrected chi connectivity index (χ2v) is 9.14. The molecule has 1 fully saturated rings. The molecule has 0 spiro atoms. The lowest BCUT2D eigenvalue weighted by atomic mass is 9.75. The van der Waals surface area contributed by atoms with Crippen molar-refractivity contribution < 1.29 is 31.8 Å². The van der Waals surface area contributed by atoms with Gasteiger partial charge in [-0.1, -0.05) is 30.3 Å². The molecule has 184 valence electrons. The molecule has 0 bridgehead atoms. The molecule has 0 aromatic heterocycles. The van der Waals surface area contributed by atoms with Crippen LogP contribution in [-0.4, -0.2) is 36.2 Å². The van der Waals surface area contributed by atoms with Crippen molar-refractivity contribution in [1.82, 2.24) is 4.90 Å². The number of fused-ring (bicyclic) bond motifs is 1. The molecule has 2 heterocycles. The van der Waals surface area contributed by atoms with E-state index in [2.05, 4.69) is 4.90 Å². The predicted octanol–water partition coefficient (Wildman–Crippen LogP) is 6.03. The van der Waals surface area contributed by atoms with Crippen LogP contribution in [0.15, 0.2) is 42.5 Å². The fourth-order valence-electron chi connectivity index (χ4n) is 5.19. The largest absolute Gasteiger partial charge is 0.508 e. The third-order valence-electron chi connectivity index (χ3n) is 7.02. The van der Waals surface area contributed by atoms with Crippen LogP contribution in [0.1, 0.15) is 46.9 Å². The standard InChI is InChI=1S/C27H24F5NO2/c28-23-22(24(29)26(31)27(32)25(23)30)19-14-35-20-13-17(34)7-8-18(20)21(19)16-5-3-15(4-6-16)9-12-33-10-1-2-11-33/h3-8,13,19,21,34H,1-2,9-12,14H2/t19-,21+/m0/s1. The van der Waals surface area contributed by atoms with Crippen LogP contribution in [0.2, 0.25) is 0 Å². The van der Waals surface area contributed by atoms with Crippen LogP contribution >= 0.6 is 0 Å². The quantitative estimate of drug-likeness (QED) is 0.270. The molecule has 0 unspecified atom stereocenters. The van der Waals surface area contributed by atoms with Crippen molar-refractivity contribution in [2.45, 2.75) is 31.1 Å². The molecule has 1 saturated heterocycles. The van der Waals surface area contributed by atoms with Gasteiger partial charge in [-0.2, -0.15) is 0 Å². The molecule has 0 radical (unpaired) electrons. The molecule has 2 aliphatic heterocycles. The summed E-state index contributed by atoms with van der Waals surface area (Å²) in [6, 6.07) is 11.8. The first-order valence-corrected chi connectivity index (χ1v) is 11.6. The number of hydrogen-bond acceptors (Lipinski definition) is 3. The Morgan fingerprint density at radius 2 is 1.46 bits per heavy atom. The maximum Gasteiger partial charge on any atom is 0.200 e. The predicted molar refractivity (Wildman–Crippen MR) is 120 cm³/mol. The molecule has 2 atom stereocenters. The van der Waals surface area contributed by atoms with Gasteiger partial charge in [0.15, 0.2) is 23.3 Å². The van der Waals surface area contributed by atoms with Gasteiger partial charge in [-0.3, -0.25) is 0 Å². The number of phenolic OH excluding ortho intramolecular Hbond substituents is 1. The second-order valence-electron chi connectivity index (χ2n) is 9.14. The van der Waals surface area contributed by atoms with Gasteiger partial charge in [0, 0.05) is 35.6 Å². The van der Waals surface area contributed by atoms with E-state index >= 15 is 0 Å². The Bertz CT molecular complexity index is 1210. The monoisotopic (exact) mass is 489 g/mol. The highest BCUT2D eigenvalue weighted by atomic mass is 19.2. The first-order valence-electron chi connectivity index (χ1n) is 11.6. The first kappa shape index (κ1) is 23.6. The Morgan fingerprint density at radius 1 is 0.829 bits per heavy atom. The molecule has 3 aromatic rings. The summed E-state index contributed by atoms with van der Waals surface area (Å²) in [6.07, 6.45) is 3.26. The number of likely N-dealkylation sites (tertiary alicyclic amines) is 1. The lowest BCUT2D eigenvalue weighted by molar-refractivity contribution is 0.237. The fraction of sp³-hybridized carbons (Fsp3) is 0.333. The van der Waals surface area contributed by atoms with Gasteiger partial charge in [0.2, 0.25) is 5.82 Å². The molecule has 35 heavy (non-hydrogen) atoms. The van der Waals surface area contributed by atoms with Gasteiger partial charge < -0.3 is 14.7 Å². The van der Waals surface area contributed by atoms with Crippen molar-refractivity contribution in [2.24, 2.45) is 0 Å². The van der Waals surface area contributed by atoms with Crippen molar-refractivity contribution in [3.05, 3.63) is 93.8 Å². The van der Waals surface area contributed by atoms with Crippen LogP contribution in [0.25, 0.3) is 0 Å². The van der Waals surface area contributed by atoms with Crippen molar-refractivity contribution >= 4 is 0 Å². The summed E-state index contributed by atoms with van der Waals surface area (Å²) in [6.45, 7) is 2.79. The summed E-state index contributed by atoms with van der Waals surface area (Å²) in [5.41, 5.74) is 1.33. The van der Waals surface area contributed by atoms with E-state index < -0.39 is 46.5 Å². The molecule has 8 heteroatoms. The summed E-state index contributed by atoms with van der Waals surface area (Å²) in [7, 11) is 0. The fourth-order valence-corrected chi connectivity index (χ4v) is 5.19. The zero-order valence-corrected chi connectivity index (χ0v) is 18.8. The lowest BCUT2D eigenvalue weighted by Gasteiger charge is -2.35. The average molecular weight is 489 g/mol. The minimum absolute atomic E-state index is 0.0607. The summed E-state index contributed by atoms with van der Waals surface area (Å²) in [4.78, 5) is 2.40. The Balaban J connectivity index is 1.54. The number of phenols is 1. The normalized spacial score (nSPS) is 20.0. The van der Waals surface area contributed by atoms with Crippen LogP contribution in [0.4, 0.5) is 22.0 Å². The summed E-state index contributed by atoms with van der Waals surface area (Å²) >= 11 is 0. The zero-order valence-electron chi connectivity index (χ0n) is 18.8. The van der Waals surface area contributed by atoms with E-state index in [0.29, 0.717) is 16.9 Å². The highest BCUT2D eigenvalue weighted by Crippen LogP contribution is 2.48.